The summed E-state index contributed by atoms with van der Waals surface area (Å²) in [5.41, 5.74) is 1.86. The zero-order valence-corrected chi connectivity index (χ0v) is 16.6. The van der Waals surface area contributed by atoms with Crippen LogP contribution >= 0.6 is 0 Å². The van der Waals surface area contributed by atoms with Crippen LogP contribution in [0.3, 0.4) is 0 Å². The number of aromatic hydroxyl groups is 1. The third-order valence-corrected chi connectivity index (χ3v) is 5.58. The van der Waals surface area contributed by atoms with Gasteiger partial charge in [0.15, 0.2) is 11.5 Å². The molecule has 1 N–H and O–H groups in total. The maximum Gasteiger partial charge on any atom is 0.416 e. The van der Waals surface area contributed by atoms with Gasteiger partial charge in [0.2, 0.25) is 0 Å². The topological polar surface area (TPSA) is 37.6 Å². The third-order valence-electron chi connectivity index (χ3n) is 5.58. The summed E-state index contributed by atoms with van der Waals surface area (Å²) in [6, 6.07) is 14.5. The number of methoxy groups -OCH3 is 1. The molecule has 0 spiro atoms. The molecule has 1 unspecified atom stereocenters. The second kappa shape index (κ2) is 8.07. The van der Waals surface area contributed by atoms with Crippen molar-refractivity contribution < 1.29 is 23.0 Å². The number of aryl methyl sites for hydroxylation is 1. The summed E-state index contributed by atoms with van der Waals surface area (Å²) in [7, 11) is 1.50. The predicted octanol–water partition coefficient (Wildman–Crippen LogP) is 5.22. The molecule has 1 atom stereocenters. The first-order valence-corrected chi connectivity index (χ1v) is 9.79. The van der Waals surface area contributed by atoms with Gasteiger partial charge in [0, 0.05) is 37.1 Å². The van der Waals surface area contributed by atoms with E-state index in [1.54, 1.807) is 18.2 Å². The van der Waals surface area contributed by atoms with Crippen LogP contribution in [0, 0.1) is 0 Å². The molecule has 0 fully saturated rings. The lowest BCUT2D eigenvalue weighted by Gasteiger charge is -2.31. The number of benzene rings is 2. The molecular formula is C23H23F3N2O2. The van der Waals surface area contributed by atoms with Crippen LogP contribution in [0.2, 0.25) is 0 Å². The lowest BCUT2D eigenvalue weighted by molar-refractivity contribution is -0.137. The molecule has 0 saturated heterocycles. The van der Waals surface area contributed by atoms with E-state index in [0.717, 1.165) is 42.9 Å². The molecule has 30 heavy (non-hydrogen) atoms. The molecule has 2 aromatic carbocycles. The van der Waals surface area contributed by atoms with Crippen LogP contribution in [0.1, 0.15) is 34.8 Å². The normalized spacial score (nSPS) is 17.4. The Labute approximate surface area is 173 Å². The van der Waals surface area contributed by atoms with E-state index in [-0.39, 0.29) is 11.8 Å². The van der Waals surface area contributed by atoms with Gasteiger partial charge >= 0.3 is 6.18 Å². The zero-order chi connectivity index (χ0) is 21.3. The maximum absolute atomic E-state index is 13.0. The smallest absolute Gasteiger partial charge is 0.416 e. The lowest BCUT2D eigenvalue weighted by Crippen LogP contribution is -2.29. The Balaban J connectivity index is 1.73. The summed E-state index contributed by atoms with van der Waals surface area (Å²) in [5, 5.41) is 10.5. The van der Waals surface area contributed by atoms with Gasteiger partial charge in [0.1, 0.15) is 0 Å². The molecule has 7 heteroatoms. The van der Waals surface area contributed by atoms with Gasteiger partial charge in [-0.1, -0.05) is 24.3 Å². The van der Waals surface area contributed by atoms with Crippen molar-refractivity contribution in [2.24, 2.45) is 0 Å². The van der Waals surface area contributed by atoms with Gasteiger partial charge in [-0.25, -0.2) is 0 Å². The fraction of sp³-hybridized carbons (Fsp3) is 0.304. The molecule has 2 heterocycles. The van der Waals surface area contributed by atoms with Crippen LogP contribution in [0.4, 0.5) is 13.2 Å². The summed E-state index contributed by atoms with van der Waals surface area (Å²) < 4.78 is 46.5. The Bertz CT molecular complexity index is 1010. The van der Waals surface area contributed by atoms with Crippen LogP contribution in [-0.2, 0) is 19.3 Å². The molecule has 3 aromatic rings. The minimum atomic E-state index is -4.37. The minimum absolute atomic E-state index is 0.0887. The highest BCUT2D eigenvalue weighted by Crippen LogP contribution is 2.37. The molecule has 0 radical (unpaired) electrons. The Kier molecular flexibility index (Phi) is 5.47. The van der Waals surface area contributed by atoms with Crippen molar-refractivity contribution in [2.75, 3.05) is 13.7 Å². The summed E-state index contributed by atoms with van der Waals surface area (Å²) in [6.45, 7) is 2.02. The van der Waals surface area contributed by atoms with Crippen LogP contribution in [-0.4, -0.2) is 28.2 Å². The van der Waals surface area contributed by atoms with Crippen LogP contribution < -0.4 is 4.74 Å². The Morgan fingerprint density at radius 3 is 2.50 bits per heavy atom. The fourth-order valence-electron chi connectivity index (χ4n) is 4.12. The molecular weight excluding hydrogens is 393 g/mol. The number of nitrogens with zero attached hydrogens (tertiary/aromatic N) is 2. The highest BCUT2D eigenvalue weighted by molar-refractivity contribution is 5.45. The molecule has 4 nitrogen and oxygen atoms in total. The van der Waals surface area contributed by atoms with Gasteiger partial charge in [-0.3, -0.25) is 4.90 Å². The maximum atomic E-state index is 13.0. The molecule has 0 amide bonds. The number of phenolic OH excluding ortho intramolecular Hbond substituents is 1. The molecule has 1 aliphatic heterocycles. The molecule has 0 bridgehead atoms. The van der Waals surface area contributed by atoms with E-state index in [9.17, 15) is 18.3 Å². The van der Waals surface area contributed by atoms with Crippen molar-refractivity contribution in [3.63, 3.8) is 0 Å². The first-order chi connectivity index (χ1) is 14.4. The number of para-hydroxylation sites is 1. The number of phenols is 1. The number of hydrogen-bond acceptors (Lipinski definition) is 3. The summed E-state index contributed by atoms with van der Waals surface area (Å²) in [6.07, 6.45) is -1.48. The Morgan fingerprint density at radius 2 is 1.80 bits per heavy atom. The second-order valence-corrected chi connectivity index (χ2v) is 7.44. The molecule has 1 aromatic heterocycles. The number of alkyl halides is 3. The minimum Gasteiger partial charge on any atom is -0.504 e. The molecule has 4 rings (SSSR count). The van der Waals surface area contributed by atoms with Crippen molar-refractivity contribution in [2.45, 2.75) is 31.7 Å². The van der Waals surface area contributed by atoms with Crippen molar-refractivity contribution >= 4 is 0 Å². The third kappa shape index (κ3) is 3.89. The lowest BCUT2D eigenvalue weighted by atomic mass is 9.99. The molecule has 158 valence electrons. The Morgan fingerprint density at radius 1 is 1.03 bits per heavy atom. The van der Waals surface area contributed by atoms with E-state index in [1.165, 1.54) is 7.11 Å². The average molecular weight is 416 g/mol. The van der Waals surface area contributed by atoms with Gasteiger partial charge in [0.25, 0.3) is 0 Å². The van der Waals surface area contributed by atoms with Gasteiger partial charge in [-0.05, 0) is 42.3 Å². The summed E-state index contributed by atoms with van der Waals surface area (Å²) in [4.78, 5) is 2.19. The van der Waals surface area contributed by atoms with Crippen LogP contribution in [0.5, 0.6) is 11.5 Å². The predicted molar refractivity (Wildman–Crippen MR) is 107 cm³/mol. The van der Waals surface area contributed by atoms with E-state index < -0.39 is 11.7 Å². The molecule has 0 saturated carbocycles. The van der Waals surface area contributed by atoms with Crippen molar-refractivity contribution in [1.29, 1.82) is 0 Å². The van der Waals surface area contributed by atoms with Gasteiger partial charge in [-0.15, -0.1) is 0 Å². The van der Waals surface area contributed by atoms with E-state index in [0.29, 0.717) is 17.9 Å². The summed E-state index contributed by atoms with van der Waals surface area (Å²) >= 11 is 0. The van der Waals surface area contributed by atoms with Crippen LogP contribution in [0.15, 0.2) is 60.8 Å². The highest BCUT2D eigenvalue weighted by atomic mass is 19.4. The molecule has 1 aliphatic rings. The average Bonchev–Trinajstić information content (AvgIpc) is 3.10. The highest BCUT2D eigenvalue weighted by Gasteiger charge is 2.32. The number of aromatic nitrogens is 1. The van der Waals surface area contributed by atoms with Gasteiger partial charge in [0.05, 0.1) is 18.7 Å². The fourth-order valence-corrected chi connectivity index (χ4v) is 4.12. The van der Waals surface area contributed by atoms with Crippen LogP contribution in [0.25, 0.3) is 0 Å². The Hall–Kier alpha value is -2.93. The van der Waals surface area contributed by atoms with E-state index >= 15 is 0 Å². The van der Waals surface area contributed by atoms with E-state index in [2.05, 4.69) is 9.47 Å². The monoisotopic (exact) mass is 416 g/mol. The zero-order valence-electron chi connectivity index (χ0n) is 16.6. The SMILES string of the molecule is COc1cccc(CN2CCCn3cccc3C2c2ccc(C(F)(F)F)cc2)c1O. The van der Waals surface area contributed by atoms with Gasteiger partial charge < -0.3 is 14.4 Å². The first-order valence-electron chi connectivity index (χ1n) is 9.79. The quantitative estimate of drug-likeness (QED) is 0.634. The summed E-state index contributed by atoms with van der Waals surface area (Å²) in [5.74, 6) is 0.488. The number of rotatable bonds is 4. The number of ether oxygens (including phenoxy) is 1. The number of fused-ring (bicyclic) bond motifs is 1. The molecule has 0 aliphatic carbocycles. The first kappa shape index (κ1) is 20.3. The van der Waals surface area contributed by atoms with E-state index in [4.69, 9.17) is 4.74 Å². The standard InChI is InChI=1S/C23H23F3N2O2/c1-30-20-7-2-5-17(22(20)29)15-28-14-4-13-27-12-3-6-19(27)21(28)16-8-10-18(11-9-16)23(24,25)26/h2-3,5-12,21,29H,4,13-15H2,1H3. The number of halogens is 3. The largest absolute Gasteiger partial charge is 0.504 e. The number of hydrogen-bond donors (Lipinski definition) is 1. The van der Waals surface area contributed by atoms with Crippen molar-refractivity contribution in [3.8, 4) is 11.5 Å². The van der Waals surface area contributed by atoms with Crippen molar-refractivity contribution in [1.82, 2.24) is 9.47 Å². The second-order valence-electron chi connectivity index (χ2n) is 7.44. The van der Waals surface area contributed by atoms with E-state index in [1.807, 2.05) is 30.5 Å². The van der Waals surface area contributed by atoms with Gasteiger partial charge in [-0.2, -0.15) is 13.2 Å². The van der Waals surface area contributed by atoms with Crippen molar-refractivity contribution in [3.05, 3.63) is 83.2 Å².